The molecule has 0 aliphatic rings. The Balaban J connectivity index is 3.36. The fraction of sp³-hybridized carbons (Fsp3) is 1.00. The van der Waals surface area contributed by atoms with Crippen molar-refractivity contribution in [1.29, 1.82) is 0 Å². The van der Waals surface area contributed by atoms with Gasteiger partial charge >= 0.3 is 0 Å². The Labute approximate surface area is 101 Å². The van der Waals surface area contributed by atoms with Gasteiger partial charge in [-0.05, 0) is 32.2 Å². The van der Waals surface area contributed by atoms with Crippen molar-refractivity contribution in [3.63, 3.8) is 0 Å². The Hall–Kier alpha value is -0.120. The molecule has 0 saturated carbocycles. The Morgan fingerprint density at radius 1 is 1.00 bits per heavy atom. The molecular formula is C13H29NO2. The van der Waals surface area contributed by atoms with Gasteiger partial charge in [-0.15, -0.1) is 0 Å². The van der Waals surface area contributed by atoms with Gasteiger partial charge in [0.15, 0.2) is 0 Å². The highest BCUT2D eigenvalue weighted by Gasteiger charge is 2.05. The standard InChI is InChI=1S/C13H29NO2/c1-4-5-9-13(12-16-3)14-10-7-6-8-11-15-2/h13-14H,4-12H2,1-3H3. The van der Waals surface area contributed by atoms with Gasteiger partial charge in [0.05, 0.1) is 6.61 Å². The molecule has 0 amide bonds. The zero-order valence-electron chi connectivity index (χ0n) is 11.3. The van der Waals surface area contributed by atoms with Gasteiger partial charge in [0.1, 0.15) is 0 Å². The van der Waals surface area contributed by atoms with Crippen LogP contribution in [0.5, 0.6) is 0 Å². The van der Waals surface area contributed by atoms with E-state index in [1.165, 1.54) is 38.5 Å². The van der Waals surface area contributed by atoms with E-state index in [0.717, 1.165) is 19.8 Å². The minimum Gasteiger partial charge on any atom is -0.385 e. The molecule has 0 heterocycles. The molecule has 0 bridgehead atoms. The minimum absolute atomic E-state index is 0.535. The maximum Gasteiger partial charge on any atom is 0.0615 e. The Bertz CT molecular complexity index is 131. The molecule has 0 fully saturated rings. The van der Waals surface area contributed by atoms with Crippen molar-refractivity contribution in [2.45, 2.75) is 51.5 Å². The molecule has 3 nitrogen and oxygen atoms in total. The third kappa shape index (κ3) is 10.4. The number of ether oxygens (including phenoxy) is 2. The Kier molecular flexibility index (Phi) is 12.9. The van der Waals surface area contributed by atoms with Crippen LogP contribution in [0.15, 0.2) is 0 Å². The van der Waals surface area contributed by atoms with Gasteiger partial charge in [-0.2, -0.15) is 0 Å². The van der Waals surface area contributed by atoms with Crippen LogP contribution in [0.4, 0.5) is 0 Å². The van der Waals surface area contributed by atoms with Gasteiger partial charge in [0.2, 0.25) is 0 Å². The van der Waals surface area contributed by atoms with E-state index in [0.29, 0.717) is 6.04 Å². The first-order valence-corrected chi connectivity index (χ1v) is 6.56. The van der Waals surface area contributed by atoms with Gasteiger partial charge in [-0.25, -0.2) is 0 Å². The summed E-state index contributed by atoms with van der Waals surface area (Å²) in [4.78, 5) is 0. The van der Waals surface area contributed by atoms with Crippen LogP contribution in [0.2, 0.25) is 0 Å². The van der Waals surface area contributed by atoms with Crippen molar-refractivity contribution < 1.29 is 9.47 Å². The molecule has 0 saturated heterocycles. The summed E-state index contributed by atoms with van der Waals surface area (Å²) in [5.74, 6) is 0. The molecule has 1 N–H and O–H groups in total. The van der Waals surface area contributed by atoms with E-state index < -0.39 is 0 Å². The molecule has 0 aromatic heterocycles. The summed E-state index contributed by atoms with van der Waals surface area (Å²) in [5.41, 5.74) is 0. The van der Waals surface area contributed by atoms with E-state index in [1.807, 2.05) is 0 Å². The van der Waals surface area contributed by atoms with E-state index in [9.17, 15) is 0 Å². The largest absolute Gasteiger partial charge is 0.385 e. The van der Waals surface area contributed by atoms with Crippen LogP contribution >= 0.6 is 0 Å². The van der Waals surface area contributed by atoms with Crippen LogP contribution < -0.4 is 5.32 Å². The van der Waals surface area contributed by atoms with Gasteiger partial charge in [-0.1, -0.05) is 19.8 Å². The summed E-state index contributed by atoms with van der Waals surface area (Å²) < 4.78 is 10.2. The second kappa shape index (κ2) is 12.9. The maximum absolute atomic E-state index is 5.21. The molecule has 0 aliphatic heterocycles. The van der Waals surface area contributed by atoms with Crippen LogP contribution in [-0.2, 0) is 9.47 Å². The Morgan fingerprint density at radius 2 is 1.81 bits per heavy atom. The quantitative estimate of drug-likeness (QED) is 0.524. The fourth-order valence-electron chi connectivity index (χ4n) is 1.75. The molecule has 16 heavy (non-hydrogen) atoms. The number of hydrogen-bond donors (Lipinski definition) is 1. The number of hydrogen-bond acceptors (Lipinski definition) is 3. The summed E-state index contributed by atoms with van der Waals surface area (Å²) >= 11 is 0. The van der Waals surface area contributed by atoms with Gasteiger partial charge in [0, 0.05) is 26.9 Å². The summed E-state index contributed by atoms with van der Waals surface area (Å²) in [6, 6.07) is 0.535. The fourth-order valence-corrected chi connectivity index (χ4v) is 1.75. The molecule has 1 unspecified atom stereocenters. The third-order valence-electron chi connectivity index (χ3n) is 2.73. The average Bonchev–Trinajstić information content (AvgIpc) is 2.30. The van der Waals surface area contributed by atoms with Crippen LogP contribution in [0.1, 0.15) is 45.4 Å². The summed E-state index contributed by atoms with van der Waals surface area (Å²) in [6.07, 6.45) is 7.41. The lowest BCUT2D eigenvalue weighted by Crippen LogP contribution is -2.33. The predicted molar refractivity (Wildman–Crippen MR) is 68.9 cm³/mol. The van der Waals surface area contributed by atoms with Crippen LogP contribution in [0, 0.1) is 0 Å². The number of methoxy groups -OCH3 is 2. The number of rotatable bonds is 12. The van der Waals surface area contributed by atoms with E-state index >= 15 is 0 Å². The highest BCUT2D eigenvalue weighted by Crippen LogP contribution is 2.02. The van der Waals surface area contributed by atoms with Crippen LogP contribution in [0.25, 0.3) is 0 Å². The van der Waals surface area contributed by atoms with Crippen molar-refractivity contribution in [3.05, 3.63) is 0 Å². The zero-order valence-corrected chi connectivity index (χ0v) is 11.3. The maximum atomic E-state index is 5.21. The molecule has 98 valence electrons. The van der Waals surface area contributed by atoms with Crippen molar-refractivity contribution in [1.82, 2.24) is 5.32 Å². The SMILES string of the molecule is CCCCC(COC)NCCCCCOC. The second-order valence-electron chi connectivity index (χ2n) is 4.30. The lowest BCUT2D eigenvalue weighted by Gasteiger charge is -2.17. The molecule has 0 aliphatic carbocycles. The lowest BCUT2D eigenvalue weighted by molar-refractivity contribution is 0.160. The van der Waals surface area contributed by atoms with Gasteiger partial charge in [-0.3, -0.25) is 0 Å². The minimum atomic E-state index is 0.535. The van der Waals surface area contributed by atoms with E-state index in [-0.39, 0.29) is 0 Å². The predicted octanol–water partition coefficient (Wildman–Crippen LogP) is 2.60. The van der Waals surface area contributed by atoms with E-state index in [1.54, 1.807) is 14.2 Å². The highest BCUT2D eigenvalue weighted by atomic mass is 16.5. The summed E-state index contributed by atoms with van der Waals surface area (Å²) in [5, 5.41) is 3.57. The second-order valence-corrected chi connectivity index (χ2v) is 4.30. The van der Waals surface area contributed by atoms with Crippen molar-refractivity contribution in [2.75, 3.05) is 34.0 Å². The van der Waals surface area contributed by atoms with Crippen LogP contribution in [-0.4, -0.2) is 40.0 Å². The topological polar surface area (TPSA) is 30.5 Å². The molecule has 0 spiro atoms. The lowest BCUT2D eigenvalue weighted by atomic mass is 10.1. The van der Waals surface area contributed by atoms with Crippen molar-refractivity contribution in [2.24, 2.45) is 0 Å². The first-order valence-electron chi connectivity index (χ1n) is 6.56. The molecule has 1 atom stereocenters. The monoisotopic (exact) mass is 231 g/mol. The van der Waals surface area contributed by atoms with Crippen molar-refractivity contribution in [3.8, 4) is 0 Å². The summed E-state index contributed by atoms with van der Waals surface area (Å²) in [7, 11) is 3.54. The summed E-state index contributed by atoms with van der Waals surface area (Å²) in [6.45, 7) is 5.05. The van der Waals surface area contributed by atoms with Crippen LogP contribution in [0.3, 0.4) is 0 Å². The molecule has 0 aromatic carbocycles. The molecule has 0 rings (SSSR count). The first kappa shape index (κ1) is 15.9. The first-order chi connectivity index (χ1) is 7.85. The molecule has 0 aromatic rings. The normalized spacial score (nSPS) is 12.9. The number of unbranched alkanes of at least 4 members (excludes halogenated alkanes) is 3. The average molecular weight is 231 g/mol. The molecule has 3 heteroatoms. The smallest absolute Gasteiger partial charge is 0.0615 e. The Morgan fingerprint density at radius 3 is 2.44 bits per heavy atom. The zero-order chi connectivity index (χ0) is 12.1. The molecule has 0 radical (unpaired) electrons. The highest BCUT2D eigenvalue weighted by molar-refractivity contribution is 4.65. The number of nitrogens with one attached hydrogen (secondary N) is 1. The van der Waals surface area contributed by atoms with Crippen molar-refractivity contribution >= 4 is 0 Å². The third-order valence-corrected chi connectivity index (χ3v) is 2.73. The van der Waals surface area contributed by atoms with E-state index in [4.69, 9.17) is 9.47 Å². The van der Waals surface area contributed by atoms with Gasteiger partial charge < -0.3 is 14.8 Å². The molecular weight excluding hydrogens is 202 g/mol. The van der Waals surface area contributed by atoms with Gasteiger partial charge in [0.25, 0.3) is 0 Å². The van der Waals surface area contributed by atoms with E-state index in [2.05, 4.69) is 12.2 Å².